The van der Waals surface area contributed by atoms with Crippen LogP contribution in [0.4, 0.5) is 0 Å². The molecule has 1 heterocycles. The van der Waals surface area contributed by atoms with Crippen LogP contribution in [0.1, 0.15) is 1.37 Å². The van der Waals surface area contributed by atoms with Gasteiger partial charge in [0.05, 0.1) is 11.2 Å². The summed E-state index contributed by atoms with van der Waals surface area (Å²) in [5, 5.41) is 0. The molecule has 1 aliphatic heterocycles. The first-order chi connectivity index (χ1) is 7.34. The first-order valence-electron chi connectivity index (χ1n) is 4.89. The minimum atomic E-state index is 0.520. The van der Waals surface area contributed by atoms with Gasteiger partial charge in [0.2, 0.25) is 0 Å². The predicted octanol–water partition coefficient (Wildman–Crippen LogP) is 3.94. The van der Waals surface area contributed by atoms with Crippen molar-refractivity contribution in [3.05, 3.63) is 48.5 Å². The van der Waals surface area contributed by atoms with Crippen LogP contribution in [0.3, 0.4) is 0 Å². The predicted molar refractivity (Wildman–Crippen MR) is 57.1 cm³/mol. The average Bonchev–Trinajstić information content (AvgIpc) is 2.27. The van der Waals surface area contributed by atoms with Crippen LogP contribution in [0.5, 0.6) is 11.5 Å². The Kier molecular flexibility index (Phi) is 1.52. The molecule has 0 aromatic heterocycles. The van der Waals surface area contributed by atoms with Crippen molar-refractivity contribution >= 4 is 11.8 Å². The highest BCUT2D eigenvalue weighted by Gasteiger charge is 2.15. The van der Waals surface area contributed by atoms with E-state index in [0.29, 0.717) is 6.04 Å². The molecule has 2 heteroatoms. The molecule has 3 rings (SSSR count). The van der Waals surface area contributed by atoms with E-state index in [1.807, 2.05) is 36.4 Å². The van der Waals surface area contributed by atoms with Crippen molar-refractivity contribution in [2.24, 2.45) is 0 Å². The second kappa shape index (κ2) is 3.07. The molecule has 68 valence electrons. The summed E-state index contributed by atoms with van der Waals surface area (Å²) in [7, 11) is 0. The van der Waals surface area contributed by atoms with Gasteiger partial charge in [-0.1, -0.05) is 36.0 Å². The molecule has 1 nitrogen and oxygen atoms in total. The second-order valence-electron chi connectivity index (χ2n) is 3.01. The lowest BCUT2D eigenvalue weighted by Gasteiger charge is -2.18. The Balaban J connectivity index is 2.15. The third-order valence-corrected chi connectivity index (χ3v) is 3.14. The molecular formula is C12H8OS. The number of ether oxygens (including phenoxy) is 1. The largest absolute Gasteiger partial charge is 0.455 e. The summed E-state index contributed by atoms with van der Waals surface area (Å²) in [6.07, 6.45) is 0. The Morgan fingerprint density at radius 2 is 1.64 bits per heavy atom. The Bertz CT molecular complexity index is 525. The van der Waals surface area contributed by atoms with Crippen LogP contribution in [0, 0.1) is 0 Å². The van der Waals surface area contributed by atoms with Gasteiger partial charge in [0.25, 0.3) is 0 Å². The maximum Gasteiger partial charge on any atom is 0.141 e. The van der Waals surface area contributed by atoms with E-state index < -0.39 is 0 Å². The summed E-state index contributed by atoms with van der Waals surface area (Å²) in [5.74, 6) is 1.66. The minimum Gasteiger partial charge on any atom is -0.455 e. The van der Waals surface area contributed by atoms with Gasteiger partial charge in [0, 0.05) is 0 Å². The van der Waals surface area contributed by atoms with E-state index in [2.05, 4.69) is 0 Å². The fraction of sp³-hybridized carbons (Fsp3) is 0. The maximum atomic E-state index is 7.79. The molecule has 0 atom stereocenters. The molecule has 14 heavy (non-hydrogen) atoms. The van der Waals surface area contributed by atoms with Crippen molar-refractivity contribution in [2.75, 3.05) is 0 Å². The van der Waals surface area contributed by atoms with Gasteiger partial charge < -0.3 is 4.74 Å². The fourth-order valence-electron chi connectivity index (χ4n) is 1.41. The van der Waals surface area contributed by atoms with Crippen molar-refractivity contribution in [1.29, 1.82) is 0 Å². The Labute approximate surface area is 88.1 Å². The van der Waals surface area contributed by atoms with Crippen LogP contribution >= 0.6 is 11.8 Å². The molecule has 0 radical (unpaired) electrons. The van der Waals surface area contributed by atoms with E-state index in [0.717, 1.165) is 21.3 Å². The van der Waals surface area contributed by atoms with Crippen LogP contribution in [-0.4, -0.2) is 0 Å². The number of para-hydroxylation sites is 2. The molecule has 0 amide bonds. The molecule has 0 bridgehead atoms. The molecule has 0 spiro atoms. The lowest BCUT2D eigenvalue weighted by atomic mass is 10.3. The van der Waals surface area contributed by atoms with Gasteiger partial charge in [-0.3, -0.25) is 0 Å². The smallest absolute Gasteiger partial charge is 0.141 e. The van der Waals surface area contributed by atoms with E-state index in [4.69, 9.17) is 6.11 Å². The van der Waals surface area contributed by atoms with Gasteiger partial charge in [0.15, 0.2) is 0 Å². The van der Waals surface area contributed by atoms with E-state index in [-0.39, 0.29) is 0 Å². The lowest BCUT2D eigenvalue weighted by Crippen LogP contribution is -1.93. The molecule has 0 fully saturated rings. The van der Waals surface area contributed by atoms with Crippen LogP contribution in [0.15, 0.2) is 58.3 Å². The molecule has 2 aromatic carbocycles. The Morgan fingerprint density at radius 3 is 2.57 bits per heavy atom. The average molecular weight is 201 g/mol. The van der Waals surface area contributed by atoms with Gasteiger partial charge in [-0.15, -0.1) is 0 Å². The Hall–Kier alpha value is -1.41. The summed E-state index contributed by atoms with van der Waals surface area (Å²) in [5.41, 5.74) is 0. The summed E-state index contributed by atoms with van der Waals surface area (Å²) in [6, 6.07) is 13.9. The first kappa shape index (κ1) is 6.96. The molecule has 2 aromatic rings. The first-order valence-corrected chi connectivity index (χ1v) is 5.20. The van der Waals surface area contributed by atoms with Gasteiger partial charge in [-0.25, -0.2) is 0 Å². The second-order valence-corrected chi connectivity index (χ2v) is 4.07. The SMILES string of the molecule is [2H]c1cccc2c1Sc1ccccc1O2. The van der Waals surface area contributed by atoms with Gasteiger partial charge in [0.1, 0.15) is 11.5 Å². The van der Waals surface area contributed by atoms with Crippen LogP contribution in [-0.2, 0) is 0 Å². The quantitative estimate of drug-likeness (QED) is 0.544. The molecular weight excluding hydrogens is 192 g/mol. The third kappa shape index (κ3) is 1.19. The molecule has 0 saturated carbocycles. The van der Waals surface area contributed by atoms with Crippen LogP contribution < -0.4 is 4.74 Å². The van der Waals surface area contributed by atoms with Crippen molar-refractivity contribution in [3.8, 4) is 11.5 Å². The zero-order valence-electron chi connectivity index (χ0n) is 8.36. The molecule has 0 saturated heterocycles. The number of hydrogen-bond acceptors (Lipinski definition) is 2. The van der Waals surface area contributed by atoms with Crippen molar-refractivity contribution in [3.63, 3.8) is 0 Å². The topological polar surface area (TPSA) is 9.23 Å². The Morgan fingerprint density at radius 1 is 0.929 bits per heavy atom. The molecule has 0 aliphatic carbocycles. The fourth-order valence-corrected chi connectivity index (χ4v) is 2.33. The number of fused-ring (bicyclic) bond motifs is 2. The van der Waals surface area contributed by atoms with Gasteiger partial charge in [-0.05, 0) is 24.2 Å². The van der Waals surface area contributed by atoms with E-state index in [9.17, 15) is 0 Å². The zero-order chi connectivity index (χ0) is 10.3. The summed E-state index contributed by atoms with van der Waals surface area (Å²) >= 11 is 1.60. The normalized spacial score (nSPS) is 13.6. The van der Waals surface area contributed by atoms with Crippen LogP contribution in [0.25, 0.3) is 0 Å². The third-order valence-electron chi connectivity index (χ3n) is 2.06. The standard InChI is InChI=1S/C12H8OS/c1-3-7-11-9(5-1)13-10-6-2-4-8-12(10)14-11/h1-8H/i7D. The van der Waals surface area contributed by atoms with E-state index >= 15 is 0 Å². The highest BCUT2D eigenvalue weighted by Crippen LogP contribution is 2.46. The lowest BCUT2D eigenvalue weighted by molar-refractivity contribution is 0.454. The zero-order valence-corrected chi connectivity index (χ0v) is 8.17. The summed E-state index contributed by atoms with van der Waals surface area (Å²) in [4.78, 5) is 1.97. The molecule has 1 aliphatic rings. The molecule has 0 N–H and O–H groups in total. The van der Waals surface area contributed by atoms with Crippen molar-refractivity contribution < 1.29 is 6.11 Å². The maximum absolute atomic E-state index is 7.79. The molecule has 0 unspecified atom stereocenters. The highest BCUT2D eigenvalue weighted by molar-refractivity contribution is 7.99. The highest BCUT2D eigenvalue weighted by atomic mass is 32.2. The summed E-state index contributed by atoms with van der Waals surface area (Å²) < 4.78 is 13.5. The van der Waals surface area contributed by atoms with Gasteiger partial charge >= 0.3 is 0 Å². The van der Waals surface area contributed by atoms with Crippen molar-refractivity contribution in [2.45, 2.75) is 9.79 Å². The van der Waals surface area contributed by atoms with Gasteiger partial charge in [-0.2, -0.15) is 0 Å². The number of rotatable bonds is 0. The van der Waals surface area contributed by atoms with Crippen LogP contribution in [0.2, 0.25) is 0 Å². The number of benzene rings is 2. The van der Waals surface area contributed by atoms with Crippen molar-refractivity contribution in [1.82, 2.24) is 0 Å². The number of hydrogen-bond donors (Lipinski definition) is 0. The van der Waals surface area contributed by atoms with E-state index in [1.54, 1.807) is 17.8 Å². The summed E-state index contributed by atoms with van der Waals surface area (Å²) in [6.45, 7) is 0. The van der Waals surface area contributed by atoms with E-state index in [1.165, 1.54) is 0 Å². The monoisotopic (exact) mass is 201 g/mol. The minimum absolute atomic E-state index is 0.520.